The Morgan fingerprint density at radius 2 is 2.00 bits per heavy atom. The molecule has 2 unspecified atom stereocenters. The van der Waals surface area contributed by atoms with Crippen LogP contribution >= 0.6 is 0 Å². The minimum absolute atomic E-state index is 0.282. The minimum atomic E-state index is -0.861. The molecule has 0 saturated carbocycles. The Morgan fingerprint density at radius 3 is 2.53 bits per heavy atom. The molecule has 0 amide bonds. The van der Waals surface area contributed by atoms with Crippen LogP contribution in [-0.4, -0.2) is 31.3 Å². The van der Waals surface area contributed by atoms with Crippen LogP contribution in [0, 0.1) is 0 Å². The van der Waals surface area contributed by atoms with Gasteiger partial charge in [0, 0.05) is 13.7 Å². The average Bonchev–Trinajstić information content (AvgIpc) is 2.45. The van der Waals surface area contributed by atoms with E-state index >= 15 is 0 Å². The third kappa shape index (κ3) is 4.04. The molecule has 0 bridgehead atoms. The van der Waals surface area contributed by atoms with Gasteiger partial charge in [0.05, 0.1) is 12.7 Å². The van der Waals surface area contributed by atoms with E-state index in [1.807, 2.05) is 44.2 Å². The zero-order valence-electron chi connectivity index (χ0n) is 12.1. The van der Waals surface area contributed by atoms with Gasteiger partial charge in [-0.1, -0.05) is 30.3 Å². The van der Waals surface area contributed by atoms with E-state index in [2.05, 4.69) is 5.32 Å². The largest absolute Gasteiger partial charge is 0.465 e. The minimum Gasteiger partial charge on any atom is -0.465 e. The predicted molar refractivity (Wildman–Crippen MR) is 74.8 cm³/mol. The van der Waals surface area contributed by atoms with Crippen molar-refractivity contribution in [3.05, 3.63) is 35.9 Å². The topological polar surface area (TPSA) is 47.6 Å². The van der Waals surface area contributed by atoms with Crippen LogP contribution in [0.3, 0.4) is 0 Å². The molecule has 106 valence electrons. The molecule has 0 fully saturated rings. The summed E-state index contributed by atoms with van der Waals surface area (Å²) in [6, 6.07) is 9.93. The Bertz CT molecular complexity index is 394. The van der Waals surface area contributed by atoms with Crippen molar-refractivity contribution in [3.63, 3.8) is 0 Å². The number of hydrogen-bond acceptors (Lipinski definition) is 4. The quantitative estimate of drug-likeness (QED) is 0.767. The van der Waals surface area contributed by atoms with Crippen molar-refractivity contribution in [2.24, 2.45) is 0 Å². The van der Waals surface area contributed by atoms with E-state index < -0.39 is 5.54 Å². The first kappa shape index (κ1) is 15.7. The van der Waals surface area contributed by atoms with Crippen LogP contribution in [0.15, 0.2) is 30.3 Å². The third-order valence-electron chi connectivity index (χ3n) is 3.37. The highest BCUT2D eigenvalue weighted by Gasteiger charge is 2.40. The van der Waals surface area contributed by atoms with Crippen LogP contribution in [0.4, 0.5) is 0 Å². The van der Waals surface area contributed by atoms with Gasteiger partial charge in [-0.15, -0.1) is 0 Å². The first-order valence-electron chi connectivity index (χ1n) is 6.53. The predicted octanol–water partition coefficient (Wildman–Crippen LogP) is 2.13. The van der Waals surface area contributed by atoms with E-state index in [4.69, 9.17) is 9.47 Å². The maximum atomic E-state index is 12.1. The second-order valence-electron chi connectivity index (χ2n) is 4.64. The summed E-state index contributed by atoms with van der Waals surface area (Å²) in [5, 5.41) is 3.25. The van der Waals surface area contributed by atoms with E-state index in [0.29, 0.717) is 13.2 Å². The van der Waals surface area contributed by atoms with Crippen molar-refractivity contribution in [1.29, 1.82) is 0 Å². The summed E-state index contributed by atoms with van der Waals surface area (Å²) < 4.78 is 10.4. The molecule has 0 radical (unpaired) electrons. The van der Waals surface area contributed by atoms with Gasteiger partial charge in [-0.2, -0.15) is 0 Å². The number of carbonyl (C=O) groups excluding carboxylic acids is 1. The Kier molecular flexibility index (Phi) is 5.99. The fraction of sp³-hybridized carbons (Fsp3) is 0.533. The molecule has 1 N–H and O–H groups in total. The van der Waals surface area contributed by atoms with Gasteiger partial charge < -0.3 is 9.47 Å². The van der Waals surface area contributed by atoms with Crippen molar-refractivity contribution in [3.8, 4) is 0 Å². The SMILES string of the molecule is CCOC(=O)C(C)(NCc1ccccc1)C(C)OC. The number of esters is 1. The molecule has 2 atom stereocenters. The van der Waals surface area contributed by atoms with Crippen molar-refractivity contribution in [1.82, 2.24) is 5.32 Å². The van der Waals surface area contributed by atoms with Crippen LogP contribution in [0.1, 0.15) is 26.3 Å². The lowest BCUT2D eigenvalue weighted by atomic mass is 9.95. The van der Waals surface area contributed by atoms with Crippen molar-refractivity contribution < 1.29 is 14.3 Å². The zero-order chi connectivity index (χ0) is 14.3. The average molecular weight is 265 g/mol. The van der Waals surface area contributed by atoms with Gasteiger partial charge >= 0.3 is 5.97 Å². The monoisotopic (exact) mass is 265 g/mol. The van der Waals surface area contributed by atoms with E-state index in [9.17, 15) is 4.79 Å². The second-order valence-corrected chi connectivity index (χ2v) is 4.64. The maximum absolute atomic E-state index is 12.1. The van der Waals surface area contributed by atoms with Crippen LogP contribution < -0.4 is 5.32 Å². The van der Waals surface area contributed by atoms with Crippen molar-refractivity contribution in [2.45, 2.75) is 39.0 Å². The van der Waals surface area contributed by atoms with Crippen LogP contribution in [0.5, 0.6) is 0 Å². The first-order chi connectivity index (χ1) is 9.04. The van der Waals surface area contributed by atoms with Gasteiger partial charge in [-0.25, -0.2) is 4.79 Å². The van der Waals surface area contributed by atoms with E-state index in [1.54, 1.807) is 14.0 Å². The summed E-state index contributed by atoms with van der Waals surface area (Å²) >= 11 is 0. The lowest BCUT2D eigenvalue weighted by Gasteiger charge is -2.33. The van der Waals surface area contributed by atoms with Gasteiger partial charge in [-0.05, 0) is 26.3 Å². The molecular formula is C15H23NO3. The van der Waals surface area contributed by atoms with E-state index in [0.717, 1.165) is 5.56 Å². The maximum Gasteiger partial charge on any atom is 0.328 e. The van der Waals surface area contributed by atoms with Crippen LogP contribution in [-0.2, 0) is 20.8 Å². The molecule has 1 aromatic rings. The van der Waals surface area contributed by atoms with Gasteiger partial charge in [0.25, 0.3) is 0 Å². The summed E-state index contributed by atoms with van der Waals surface area (Å²) in [6.45, 7) is 6.41. The first-order valence-corrected chi connectivity index (χ1v) is 6.53. The highest BCUT2D eigenvalue weighted by Crippen LogP contribution is 2.16. The molecule has 0 aromatic heterocycles. The highest BCUT2D eigenvalue weighted by atomic mass is 16.5. The number of ether oxygens (including phenoxy) is 2. The Hall–Kier alpha value is -1.39. The summed E-state index contributed by atoms with van der Waals surface area (Å²) in [5.74, 6) is -0.291. The number of nitrogens with one attached hydrogen (secondary N) is 1. The van der Waals surface area contributed by atoms with E-state index in [-0.39, 0.29) is 12.1 Å². The Labute approximate surface area is 115 Å². The number of rotatable bonds is 7. The fourth-order valence-corrected chi connectivity index (χ4v) is 1.78. The van der Waals surface area contributed by atoms with Gasteiger partial charge in [0.15, 0.2) is 0 Å². The zero-order valence-corrected chi connectivity index (χ0v) is 12.1. The van der Waals surface area contributed by atoms with Gasteiger partial charge in [0.2, 0.25) is 0 Å². The number of methoxy groups -OCH3 is 1. The molecule has 4 nitrogen and oxygen atoms in total. The highest BCUT2D eigenvalue weighted by molar-refractivity contribution is 5.81. The Morgan fingerprint density at radius 1 is 1.37 bits per heavy atom. The molecule has 0 aliphatic carbocycles. The second kappa shape index (κ2) is 7.26. The standard InChI is InChI=1S/C15H23NO3/c1-5-19-14(17)15(3,12(2)18-4)16-11-13-9-7-6-8-10-13/h6-10,12,16H,5,11H2,1-4H3. The van der Waals surface area contributed by atoms with Crippen LogP contribution in [0.2, 0.25) is 0 Å². The molecule has 0 spiro atoms. The van der Waals surface area contributed by atoms with Crippen molar-refractivity contribution >= 4 is 5.97 Å². The molecule has 0 saturated heterocycles. The molecule has 0 heterocycles. The molecule has 19 heavy (non-hydrogen) atoms. The Balaban J connectivity index is 2.77. The molecule has 0 aliphatic heterocycles. The van der Waals surface area contributed by atoms with E-state index in [1.165, 1.54) is 0 Å². The van der Waals surface area contributed by atoms with Gasteiger partial charge in [-0.3, -0.25) is 5.32 Å². The molecule has 1 rings (SSSR count). The summed E-state index contributed by atoms with van der Waals surface area (Å²) in [7, 11) is 1.59. The molecule has 4 heteroatoms. The smallest absolute Gasteiger partial charge is 0.328 e. The number of carbonyl (C=O) groups is 1. The third-order valence-corrected chi connectivity index (χ3v) is 3.37. The van der Waals surface area contributed by atoms with Gasteiger partial charge in [0.1, 0.15) is 5.54 Å². The normalized spacial score (nSPS) is 15.6. The van der Waals surface area contributed by atoms with Crippen LogP contribution in [0.25, 0.3) is 0 Å². The number of benzene rings is 1. The fourth-order valence-electron chi connectivity index (χ4n) is 1.78. The van der Waals surface area contributed by atoms with Crippen molar-refractivity contribution in [2.75, 3.05) is 13.7 Å². The molecule has 1 aromatic carbocycles. The lowest BCUT2D eigenvalue weighted by molar-refractivity contribution is -0.156. The summed E-state index contributed by atoms with van der Waals surface area (Å²) in [4.78, 5) is 12.1. The lowest BCUT2D eigenvalue weighted by Crippen LogP contribution is -2.58. The summed E-state index contributed by atoms with van der Waals surface area (Å²) in [6.07, 6.45) is -0.282. The molecule has 0 aliphatic rings. The summed E-state index contributed by atoms with van der Waals surface area (Å²) in [5.41, 5.74) is 0.252. The molecular weight excluding hydrogens is 242 g/mol. The number of hydrogen-bond donors (Lipinski definition) is 1.